The Morgan fingerprint density at radius 2 is 1.96 bits per heavy atom. The minimum Gasteiger partial charge on any atom is -0.478 e. The van der Waals surface area contributed by atoms with Gasteiger partial charge in [-0.15, -0.1) is 0 Å². The molecule has 6 heteroatoms. The molecule has 0 atom stereocenters. The quantitative estimate of drug-likeness (QED) is 0.901. The smallest absolute Gasteiger partial charge is 0.335 e. The first-order valence-corrected chi connectivity index (χ1v) is 7.84. The number of carbonyl (C=O) groups is 2. The molecule has 2 aromatic rings. The van der Waals surface area contributed by atoms with Crippen LogP contribution in [0.4, 0.5) is 4.39 Å². The summed E-state index contributed by atoms with van der Waals surface area (Å²) in [5, 5.41) is 9.18. The topological polar surface area (TPSA) is 57.6 Å². The van der Waals surface area contributed by atoms with Crippen molar-refractivity contribution in [1.29, 1.82) is 0 Å². The number of halogens is 2. The predicted octanol–water partition coefficient (Wildman–Crippen LogP) is 3.68. The van der Waals surface area contributed by atoms with Gasteiger partial charge in [-0.3, -0.25) is 4.79 Å². The van der Waals surface area contributed by atoms with Crippen molar-refractivity contribution >= 4 is 23.5 Å². The second kappa shape index (κ2) is 6.24. The molecule has 0 aromatic heterocycles. The molecule has 0 aliphatic carbocycles. The van der Waals surface area contributed by atoms with Gasteiger partial charge in [0.05, 0.1) is 16.1 Å². The van der Waals surface area contributed by atoms with E-state index in [1.54, 1.807) is 30.0 Å². The molecule has 3 rings (SSSR count). The summed E-state index contributed by atoms with van der Waals surface area (Å²) in [7, 11) is 0. The molecule has 0 radical (unpaired) electrons. The van der Waals surface area contributed by atoms with Gasteiger partial charge in [0.25, 0.3) is 5.91 Å². The molecule has 1 aliphatic rings. The van der Waals surface area contributed by atoms with Crippen LogP contribution in [-0.4, -0.2) is 28.4 Å². The van der Waals surface area contributed by atoms with Crippen molar-refractivity contribution in [3.63, 3.8) is 0 Å². The van der Waals surface area contributed by atoms with E-state index >= 15 is 0 Å². The molecule has 0 bridgehead atoms. The minimum atomic E-state index is -1.00. The minimum absolute atomic E-state index is 0.0770. The van der Waals surface area contributed by atoms with Crippen molar-refractivity contribution in [2.75, 3.05) is 6.54 Å². The number of carbonyl (C=O) groups excluding carboxylic acids is 1. The van der Waals surface area contributed by atoms with Crippen molar-refractivity contribution in [2.24, 2.45) is 0 Å². The lowest BCUT2D eigenvalue weighted by Gasteiger charge is -2.29. The van der Waals surface area contributed by atoms with Crippen LogP contribution in [-0.2, 0) is 13.0 Å². The van der Waals surface area contributed by atoms with Gasteiger partial charge in [0, 0.05) is 13.1 Å². The average Bonchev–Trinajstić information content (AvgIpc) is 2.56. The van der Waals surface area contributed by atoms with E-state index in [1.165, 1.54) is 6.07 Å². The summed E-state index contributed by atoms with van der Waals surface area (Å²) in [4.78, 5) is 25.4. The molecule has 0 unspecified atom stereocenters. The van der Waals surface area contributed by atoms with Gasteiger partial charge in [-0.1, -0.05) is 17.7 Å². The van der Waals surface area contributed by atoms with Gasteiger partial charge < -0.3 is 10.0 Å². The van der Waals surface area contributed by atoms with Gasteiger partial charge in [0.1, 0.15) is 5.82 Å². The fraction of sp³-hybridized carbons (Fsp3) is 0.222. The lowest BCUT2D eigenvalue weighted by Crippen LogP contribution is -2.36. The predicted molar refractivity (Wildman–Crippen MR) is 88.0 cm³/mol. The number of carboxylic acids is 1. The van der Waals surface area contributed by atoms with Gasteiger partial charge in [0.15, 0.2) is 0 Å². The van der Waals surface area contributed by atoms with Crippen molar-refractivity contribution in [1.82, 2.24) is 4.90 Å². The summed E-state index contributed by atoms with van der Waals surface area (Å²) in [6.45, 7) is 2.39. The van der Waals surface area contributed by atoms with E-state index in [0.717, 1.165) is 17.2 Å². The molecule has 4 nitrogen and oxygen atoms in total. The van der Waals surface area contributed by atoms with Crippen LogP contribution >= 0.6 is 11.6 Å². The molecule has 0 spiro atoms. The molecule has 1 amide bonds. The molecule has 124 valence electrons. The maximum atomic E-state index is 13.5. The van der Waals surface area contributed by atoms with Gasteiger partial charge in [-0.2, -0.15) is 0 Å². The summed E-state index contributed by atoms with van der Waals surface area (Å²) in [6.07, 6.45) is 0.638. The number of amides is 1. The van der Waals surface area contributed by atoms with Crippen LogP contribution in [0.5, 0.6) is 0 Å². The number of carboxylic acid groups (broad SMARTS) is 1. The second-order valence-electron chi connectivity index (χ2n) is 5.85. The summed E-state index contributed by atoms with van der Waals surface area (Å²) in [5.41, 5.74) is 2.65. The van der Waals surface area contributed by atoms with Crippen LogP contribution in [0.3, 0.4) is 0 Å². The third-order valence-electron chi connectivity index (χ3n) is 4.23. The lowest BCUT2D eigenvalue weighted by atomic mass is 9.96. The van der Waals surface area contributed by atoms with Crippen LogP contribution in [0.15, 0.2) is 30.3 Å². The Labute approximate surface area is 143 Å². The maximum Gasteiger partial charge on any atom is 0.335 e. The standard InChI is InChI=1S/C18H15ClFNO3/c1-10-6-14(15(19)8-16(10)20)17(22)21-5-4-11-2-3-12(18(23)24)7-13(11)9-21/h2-3,6-8H,4-5,9H2,1H3,(H,23,24). The third kappa shape index (κ3) is 2.99. The SMILES string of the molecule is Cc1cc(C(=O)N2CCc3ccc(C(=O)O)cc3C2)c(Cl)cc1F. The number of nitrogens with zero attached hydrogens (tertiary/aromatic N) is 1. The summed E-state index contributed by atoms with van der Waals surface area (Å²) < 4.78 is 13.5. The Hall–Kier alpha value is -2.40. The molecule has 1 heterocycles. The summed E-state index contributed by atoms with van der Waals surface area (Å²) >= 11 is 6.02. The molecule has 2 aromatic carbocycles. The summed E-state index contributed by atoms with van der Waals surface area (Å²) in [6, 6.07) is 7.54. The van der Waals surface area contributed by atoms with Crippen molar-refractivity contribution in [3.05, 3.63) is 69.0 Å². The highest BCUT2D eigenvalue weighted by molar-refractivity contribution is 6.33. The summed E-state index contributed by atoms with van der Waals surface area (Å²) in [5.74, 6) is -1.74. The first-order chi connectivity index (χ1) is 11.4. The molecule has 0 saturated carbocycles. The van der Waals surface area contributed by atoms with Crippen LogP contribution in [0.25, 0.3) is 0 Å². The maximum absolute atomic E-state index is 13.5. The Balaban J connectivity index is 1.90. The number of hydrogen-bond donors (Lipinski definition) is 1. The van der Waals surface area contributed by atoms with Crippen molar-refractivity contribution in [3.8, 4) is 0 Å². The highest BCUT2D eigenvalue weighted by atomic mass is 35.5. The first-order valence-electron chi connectivity index (χ1n) is 7.47. The largest absolute Gasteiger partial charge is 0.478 e. The molecular formula is C18H15ClFNO3. The van der Waals surface area contributed by atoms with E-state index in [0.29, 0.717) is 25.1 Å². The Morgan fingerprint density at radius 1 is 1.21 bits per heavy atom. The van der Waals surface area contributed by atoms with E-state index < -0.39 is 11.8 Å². The molecule has 1 N–H and O–H groups in total. The fourth-order valence-electron chi connectivity index (χ4n) is 2.85. The molecule has 0 fully saturated rings. The van der Waals surface area contributed by atoms with Crippen molar-refractivity contribution in [2.45, 2.75) is 19.9 Å². The number of rotatable bonds is 2. The monoisotopic (exact) mass is 347 g/mol. The fourth-order valence-corrected chi connectivity index (χ4v) is 3.09. The van der Waals surface area contributed by atoms with Crippen LogP contribution < -0.4 is 0 Å². The molecule has 24 heavy (non-hydrogen) atoms. The average molecular weight is 348 g/mol. The molecule has 0 saturated heterocycles. The van der Waals surface area contributed by atoms with Crippen LogP contribution in [0, 0.1) is 12.7 Å². The number of hydrogen-bond acceptors (Lipinski definition) is 2. The zero-order valence-electron chi connectivity index (χ0n) is 13.0. The van der Waals surface area contributed by atoms with E-state index in [-0.39, 0.29) is 22.1 Å². The van der Waals surface area contributed by atoms with Gasteiger partial charge in [-0.25, -0.2) is 9.18 Å². The Kier molecular flexibility index (Phi) is 4.28. The zero-order valence-corrected chi connectivity index (χ0v) is 13.7. The Morgan fingerprint density at radius 3 is 2.67 bits per heavy atom. The van der Waals surface area contributed by atoms with Crippen LogP contribution in [0.1, 0.15) is 37.4 Å². The number of fused-ring (bicyclic) bond motifs is 1. The van der Waals surface area contributed by atoms with E-state index in [4.69, 9.17) is 16.7 Å². The van der Waals surface area contributed by atoms with Crippen molar-refractivity contribution < 1.29 is 19.1 Å². The molecule has 1 aliphatic heterocycles. The third-order valence-corrected chi connectivity index (χ3v) is 4.54. The Bertz CT molecular complexity index is 850. The lowest BCUT2D eigenvalue weighted by molar-refractivity contribution is 0.0696. The van der Waals surface area contributed by atoms with Gasteiger partial charge >= 0.3 is 5.97 Å². The van der Waals surface area contributed by atoms with E-state index in [1.807, 2.05) is 0 Å². The van der Waals surface area contributed by atoms with Crippen LogP contribution in [0.2, 0.25) is 5.02 Å². The van der Waals surface area contributed by atoms with E-state index in [2.05, 4.69) is 0 Å². The number of aromatic carboxylic acids is 1. The second-order valence-corrected chi connectivity index (χ2v) is 6.25. The number of benzene rings is 2. The zero-order chi connectivity index (χ0) is 17.4. The first kappa shape index (κ1) is 16.5. The van der Waals surface area contributed by atoms with Gasteiger partial charge in [-0.05, 0) is 54.3 Å². The normalized spacial score (nSPS) is 13.5. The number of aryl methyl sites for hydroxylation is 1. The highest BCUT2D eigenvalue weighted by Crippen LogP contribution is 2.26. The van der Waals surface area contributed by atoms with Gasteiger partial charge in [0.2, 0.25) is 0 Å². The highest BCUT2D eigenvalue weighted by Gasteiger charge is 2.24. The molecular weight excluding hydrogens is 333 g/mol. The van der Waals surface area contributed by atoms with E-state index in [9.17, 15) is 14.0 Å².